The van der Waals surface area contributed by atoms with E-state index in [9.17, 15) is 13.2 Å². The summed E-state index contributed by atoms with van der Waals surface area (Å²) in [5, 5.41) is 0. The molecule has 17 heavy (non-hydrogen) atoms. The lowest BCUT2D eigenvalue weighted by molar-refractivity contribution is -0.275. The monoisotopic (exact) mass is 245 g/mol. The van der Waals surface area contributed by atoms with E-state index >= 15 is 0 Å². The van der Waals surface area contributed by atoms with Crippen molar-refractivity contribution in [2.45, 2.75) is 31.7 Å². The van der Waals surface area contributed by atoms with Gasteiger partial charge in [0.1, 0.15) is 5.75 Å². The van der Waals surface area contributed by atoms with Crippen molar-refractivity contribution in [3.05, 3.63) is 29.8 Å². The number of nitrogens with two attached hydrogens (primary N) is 1. The van der Waals surface area contributed by atoms with E-state index in [4.69, 9.17) is 5.73 Å². The van der Waals surface area contributed by atoms with E-state index < -0.39 is 6.36 Å². The van der Waals surface area contributed by atoms with E-state index in [1.807, 2.05) is 0 Å². The Morgan fingerprint density at radius 3 is 2.41 bits per heavy atom. The van der Waals surface area contributed by atoms with E-state index in [2.05, 4.69) is 4.74 Å². The summed E-state index contributed by atoms with van der Waals surface area (Å²) < 4.78 is 40.6. The van der Waals surface area contributed by atoms with Crippen LogP contribution >= 0.6 is 0 Å². The molecular formula is C12H14F3NO. The van der Waals surface area contributed by atoms with Crippen molar-refractivity contribution >= 4 is 0 Å². The lowest BCUT2D eigenvalue weighted by Crippen LogP contribution is -2.28. The van der Waals surface area contributed by atoms with E-state index in [0.29, 0.717) is 5.56 Å². The van der Waals surface area contributed by atoms with E-state index in [1.165, 1.54) is 12.1 Å². The minimum atomic E-state index is -4.67. The Kier molecular flexibility index (Phi) is 3.28. The fourth-order valence-corrected chi connectivity index (χ4v) is 2.03. The van der Waals surface area contributed by atoms with Gasteiger partial charge >= 0.3 is 6.36 Å². The van der Waals surface area contributed by atoms with Gasteiger partial charge in [0.15, 0.2) is 0 Å². The van der Waals surface area contributed by atoms with Crippen molar-refractivity contribution in [2.75, 3.05) is 0 Å². The second kappa shape index (κ2) is 4.56. The van der Waals surface area contributed by atoms with Crippen LogP contribution < -0.4 is 10.5 Å². The molecule has 5 heteroatoms. The summed E-state index contributed by atoms with van der Waals surface area (Å²) in [5.74, 6) is 0.0902. The molecule has 0 amide bonds. The topological polar surface area (TPSA) is 35.2 Å². The van der Waals surface area contributed by atoms with Crippen LogP contribution in [-0.2, 0) is 0 Å². The van der Waals surface area contributed by atoms with Crippen LogP contribution in [0.3, 0.4) is 0 Å². The fourth-order valence-electron chi connectivity index (χ4n) is 2.03. The summed E-state index contributed by atoms with van der Waals surface area (Å²) in [6.07, 6.45) is -1.63. The summed E-state index contributed by atoms with van der Waals surface area (Å²) in [4.78, 5) is 0. The molecule has 0 heterocycles. The molecule has 1 fully saturated rings. The summed E-state index contributed by atoms with van der Waals surface area (Å²) in [5.41, 5.74) is 6.41. The van der Waals surface area contributed by atoms with Crippen LogP contribution in [0.15, 0.2) is 24.3 Å². The van der Waals surface area contributed by atoms with E-state index in [1.54, 1.807) is 12.1 Å². The molecule has 0 aromatic heterocycles. The number of alkyl halides is 3. The first-order valence-electron chi connectivity index (χ1n) is 5.57. The highest BCUT2D eigenvalue weighted by atomic mass is 19.4. The van der Waals surface area contributed by atoms with Gasteiger partial charge in [-0.2, -0.15) is 0 Å². The third-order valence-electron chi connectivity index (χ3n) is 3.16. The summed E-state index contributed by atoms with van der Waals surface area (Å²) in [6, 6.07) is 5.72. The molecule has 94 valence electrons. The van der Waals surface area contributed by atoms with Gasteiger partial charge in [0.05, 0.1) is 0 Å². The average Bonchev–Trinajstić information content (AvgIpc) is 2.13. The second-order valence-corrected chi connectivity index (χ2v) is 4.30. The molecular weight excluding hydrogens is 231 g/mol. The quantitative estimate of drug-likeness (QED) is 0.885. The number of ether oxygens (including phenoxy) is 1. The normalized spacial score (nSPS) is 18.6. The van der Waals surface area contributed by atoms with Gasteiger partial charge in [-0.1, -0.05) is 24.6 Å². The van der Waals surface area contributed by atoms with Crippen molar-refractivity contribution in [1.82, 2.24) is 0 Å². The number of hydrogen-bond acceptors (Lipinski definition) is 2. The second-order valence-electron chi connectivity index (χ2n) is 4.30. The van der Waals surface area contributed by atoms with Gasteiger partial charge in [-0.05, 0) is 24.8 Å². The molecule has 2 nitrogen and oxygen atoms in total. The van der Waals surface area contributed by atoms with Crippen LogP contribution in [0, 0.1) is 5.92 Å². The highest BCUT2D eigenvalue weighted by Crippen LogP contribution is 2.40. The van der Waals surface area contributed by atoms with Crippen molar-refractivity contribution in [3.8, 4) is 5.75 Å². The van der Waals surface area contributed by atoms with Crippen LogP contribution in [0.1, 0.15) is 30.9 Å². The molecule has 0 aliphatic heterocycles. The summed E-state index contributed by atoms with van der Waals surface area (Å²) in [7, 11) is 0. The van der Waals surface area contributed by atoms with E-state index in [-0.39, 0.29) is 17.7 Å². The third-order valence-corrected chi connectivity index (χ3v) is 3.16. The van der Waals surface area contributed by atoms with Gasteiger partial charge in [-0.15, -0.1) is 13.2 Å². The number of halogens is 3. The number of rotatable bonds is 3. The molecule has 2 N–H and O–H groups in total. The SMILES string of the molecule is N[C@@H](c1ccccc1OC(F)(F)F)C1CCC1. The zero-order valence-electron chi connectivity index (χ0n) is 9.20. The van der Waals surface area contributed by atoms with Gasteiger partial charge < -0.3 is 10.5 Å². The Bertz CT molecular complexity index is 388. The lowest BCUT2D eigenvalue weighted by atomic mass is 9.77. The molecule has 2 rings (SSSR count). The van der Waals surface area contributed by atoms with Crippen LogP contribution in [0.4, 0.5) is 13.2 Å². The maximum Gasteiger partial charge on any atom is 0.573 e. The maximum atomic E-state index is 12.2. The molecule has 0 unspecified atom stereocenters. The Balaban J connectivity index is 2.20. The number of para-hydroxylation sites is 1. The molecule has 0 radical (unpaired) electrons. The zero-order valence-corrected chi connectivity index (χ0v) is 9.20. The Morgan fingerprint density at radius 1 is 1.24 bits per heavy atom. The summed E-state index contributed by atoms with van der Waals surface area (Å²) in [6.45, 7) is 0. The number of benzene rings is 1. The van der Waals surface area contributed by atoms with Gasteiger partial charge in [-0.25, -0.2) is 0 Å². The number of hydrogen-bond donors (Lipinski definition) is 1. The van der Waals surface area contributed by atoms with Gasteiger partial charge in [0.2, 0.25) is 0 Å². The zero-order chi connectivity index (χ0) is 12.5. The molecule has 1 aromatic carbocycles. The fraction of sp³-hybridized carbons (Fsp3) is 0.500. The first-order valence-corrected chi connectivity index (χ1v) is 5.57. The van der Waals surface area contributed by atoms with Crippen LogP contribution in [0.5, 0.6) is 5.75 Å². The Labute approximate surface area is 97.6 Å². The predicted molar refractivity (Wildman–Crippen MR) is 57.4 cm³/mol. The van der Waals surface area contributed by atoms with Crippen LogP contribution in [0.2, 0.25) is 0 Å². The lowest BCUT2D eigenvalue weighted by Gasteiger charge is -2.32. The molecule has 0 bridgehead atoms. The Morgan fingerprint density at radius 2 is 1.88 bits per heavy atom. The largest absolute Gasteiger partial charge is 0.573 e. The molecule has 1 aliphatic rings. The molecule has 1 aliphatic carbocycles. The van der Waals surface area contributed by atoms with Crippen molar-refractivity contribution in [2.24, 2.45) is 11.7 Å². The minimum Gasteiger partial charge on any atom is -0.405 e. The summed E-state index contributed by atoms with van der Waals surface area (Å²) >= 11 is 0. The van der Waals surface area contributed by atoms with Crippen molar-refractivity contribution in [1.29, 1.82) is 0 Å². The minimum absolute atomic E-state index is 0.181. The van der Waals surface area contributed by atoms with Crippen molar-refractivity contribution < 1.29 is 17.9 Å². The van der Waals surface area contributed by atoms with Crippen LogP contribution in [0.25, 0.3) is 0 Å². The smallest absolute Gasteiger partial charge is 0.405 e. The van der Waals surface area contributed by atoms with E-state index in [0.717, 1.165) is 19.3 Å². The van der Waals surface area contributed by atoms with Gasteiger partial charge in [-0.3, -0.25) is 0 Å². The highest BCUT2D eigenvalue weighted by Gasteiger charge is 2.34. The molecule has 1 atom stereocenters. The Hall–Kier alpha value is -1.23. The van der Waals surface area contributed by atoms with Crippen LogP contribution in [-0.4, -0.2) is 6.36 Å². The first kappa shape index (κ1) is 12.2. The molecule has 1 aromatic rings. The predicted octanol–water partition coefficient (Wildman–Crippen LogP) is 3.39. The van der Waals surface area contributed by atoms with Gasteiger partial charge in [0.25, 0.3) is 0 Å². The molecule has 0 saturated heterocycles. The standard InChI is InChI=1S/C12H14F3NO/c13-12(14,15)17-10-7-2-1-6-9(10)11(16)8-4-3-5-8/h1-2,6-8,11H,3-5,16H2/t11-/m1/s1. The van der Waals surface area contributed by atoms with Gasteiger partial charge in [0, 0.05) is 11.6 Å². The molecule has 1 saturated carbocycles. The molecule has 0 spiro atoms. The van der Waals surface area contributed by atoms with Crippen molar-refractivity contribution in [3.63, 3.8) is 0 Å². The highest BCUT2D eigenvalue weighted by molar-refractivity contribution is 5.36. The maximum absolute atomic E-state index is 12.2. The first-order chi connectivity index (χ1) is 7.97. The third kappa shape index (κ3) is 2.91. The average molecular weight is 245 g/mol.